The lowest BCUT2D eigenvalue weighted by Gasteiger charge is -2.40. The van der Waals surface area contributed by atoms with Crippen LogP contribution in [0, 0.1) is 0 Å². The van der Waals surface area contributed by atoms with Crippen LogP contribution in [0.15, 0.2) is 66.7 Å². The monoisotopic (exact) mass is 474 g/mol. The molecule has 0 aromatic heterocycles. The van der Waals surface area contributed by atoms with Gasteiger partial charge in [0.05, 0.1) is 44.5 Å². The zero-order valence-electron chi connectivity index (χ0n) is 19.9. The molecular weight excluding hydrogens is 448 g/mol. The smallest absolute Gasteiger partial charge is 0.339 e. The van der Waals surface area contributed by atoms with Crippen molar-refractivity contribution in [3.8, 4) is 11.5 Å². The number of nitrogens with one attached hydrogen (secondary N) is 1. The molecule has 8 heteroatoms. The van der Waals surface area contributed by atoms with E-state index in [1.54, 1.807) is 79.7 Å². The number of benzene rings is 3. The average molecular weight is 475 g/mol. The highest BCUT2D eigenvalue weighted by Crippen LogP contribution is 2.44. The highest BCUT2D eigenvalue weighted by molar-refractivity contribution is 6.06. The van der Waals surface area contributed by atoms with E-state index in [4.69, 9.17) is 14.2 Å². The van der Waals surface area contributed by atoms with Crippen LogP contribution in [0.1, 0.15) is 43.8 Å². The van der Waals surface area contributed by atoms with Crippen LogP contribution in [0.4, 0.5) is 5.69 Å². The first-order chi connectivity index (χ1) is 16.9. The van der Waals surface area contributed by atoms with Gasteiger partial charge in [-0.3, -0.25) is 9.59 Å². The molecule has 0 aliphatic carbocycles. The van der Waals surface area contributed by atoms with Gasteiger partial charge in [0.1, 0.15) is 0 Å². The highest BCUT2D eigenvalue weighted by atomic mass is 16.5. The fraction of sp³-hybridized carbons (Fsp3) is 0.222. The Bertz CT molecular complexity index is 1290. The number of hydrogen-bond donors (Lipinski definition) is 1. The van der Waals surface area contributed by atoms with E-state index >= 15 is 0 Å². The van der Waals surface area contributed by atoms with Crippen LogP contribution < -0.4 is 14.8 Å². The summed E-state index contributed by atoms with van der Waals surface area (Å²) in [7, 11) is 6.02. The Labute approximate surface area is 203 Å². The number of fused-ring (bicyclic) bond motifs is 1. The predicted molar refractivity (Wildman–Crippen MR) is 130 cm³/mol. The van der Waals surface area contributed by atoms with E-state index in [9.17, 15) is 14.4 Å². The number of rotatable bonds is 6. The Morgan fingerprint density at radius 2 is 1.57 bits per heavy atom. The second-order valence-electron chi connectivity index (χ2n) is 8.07. The van der Waals surface area contributed by atoms with Crippen molar-refractivity contribution >= 4 is 23.5 Å². The summed E-state index contributed by atoms with van der Waals surface area (Å²) < 4.78 is 15.7. The van der Waals surface area contributed by atoms with Crippen LogP contribution in [0.2, 0.25) is 0 Å². The lowest BCUT2D eigenvalue weighted by Crippen LogP contribution is -2.44. The molecule has 0 saturated heterocycles. The Morgan fingerprint density at radius 3 is 2.29 bits per heavy atom. The number of para-hydroxylation sites is 1. The summed E-state index contributed by atoms with van der Waals surface area (Å²) in [5.74, 6) is -0.868. The molecule has 2 atom stereocenters. The number of methoxy groups -OCH3 is 3. The lowest BCUT2D eigenvalue weighted by molar-refractivity contribution is -0.119. The molecule has 0 saturated carbocycles. The van der Waals surface area contributed by atoms with Crippen LogP contribution >= 0.6 is 0 Å². The molecule has 0 bridgehead atoms. The van der Waals surface area contributed by atoms with Gasteiger partial charge < -0.3 is 24.4 Å². The van der Waals surface area contributed by atoms with Gasteiger partial charge in [0, 0.05) is 12.6 Å². The molecule has 0 fully saturated rings. The van der Waals surface area contributed by atoms with E-state index in [1.165, 1.54) is 14.2 Å². The number of hydrogen-bond acceptors (Lipinski definition) is 6. The molecule has 0 spiro atoms. The van der Waals surface area contributed by atoms with Gasteiger partial charge in [-0.2, -0.15) is 0 Å². The summed E-state index contributed by atoms with van der Waals surface area (Å²) in [5, 5.41) is 2.89. The third kappa shape index (κ3) is 4.30. The standard InChI is InChI=1S/C27H26N2O6/c1-29-24(16-13-14-21(33-2)22(15-16)34-3)23(17-9-5-6-10-18(17)26(29)31)25(30)28-20-12-8-7-11-19(20)27(32)35-4/h5-15,23-24H,1-4H3,(H,28,30). The Kier molecular flexibility index (Phi) is 6.73. The SMILES string of the molecule is COC(=O)c1ccccc1NC(=O)C1c2ccccc2C(=O)N(C)C1c1ccc(OC)c(OC)c1. The maximum Gasteiger partial charge on any atom is 0.339 e. The lowest BCUT2D eigenvalue weighted by atomic mass is 9.79. The van der Waals surface area contributed by atoms with Crippen molar-refractivity contribution < 1.29 is 28.6 Å². The number of carbonyl (C=O) groups is 3. The van der Waals surface area contributed by atoms with Crippen molar-refractivity contribution in [2.24, 2.45) is 0 Å². The number of carbonyl (C=O) groups excluding carboxylic acids is 3. The molecule has 1 aliphatic heterocycles. The Hall–Kier alpha value is -4.33. The normalized spacial score (nSPS) is 16.8. The summed E-state index contributed by atoms with van der Waals surface area (Å²) in [6, 6.07) is 18.4. The number of nitrogens with zero attached hydrogens (tertiary/aromatic N) is 1. The molecule has 3 aromatic carbocycles. The molecule has 2 amide bonds. The number of ether oxygens (including phenoxy) is 3. The van der Waals surface area contributed by atoms with E-state index in [-0.39, 0.29) is 17.4 Å². The summed E-state index contributed by atoms with van der Waals surface area (Å²) in [5.41, 5.74) is 2.32. The second-order valence-corrected chi connectivity index (χ2v) is 8.07. The van der Waals surface area contributed by atoms with E-state index in [1.807, 2.05) is 6.07 Å². The van der Waals surface area contributed by atoms with Gasteiger partial charge in [-0.1, -0.05) is 36.4 Å². The maximum atomic E-state index is 13.8. The zero-order chi connectivity index (χ0) is 25.1. The first-order valence-corrected chi connectivity index (χ1v) is 11.0. The van der Waals surface area contributed by atoms with E-state index in [2.05, 4.69) is 5.32 Å². The predicted octanol–water partition coefficient (Wildman–Crippen LogP) is 4.04. The number of amides is 2. The van der Waals surface area contributed by atoms with Crippen molar-refractivity contribution in [3.05, 3.63) is 89.0 Å². The van der Waals surface area contributed by atoms with E-state index in [0.717, 1.165) is 0 Å². The van der Waals surface area contributed by atoms with Crippen molar-refractivity contribution in [2.75, 3.05) is 33.7 Å². The van der Waals surface area contributed by atoms with Crippen molar-refractivity contribution in [1.29, 1.82) is 0 Å². The van der Waals surface area contributed by atoms with Crippen LogP contribution in [-0.2, 0) is 9.53 Å². The van der Waals surface area contributed by atoms with Crippen LogP contribution in [0.5, 0.6) is 11.5 Å². The molecule has 1 aliphatic rings. The zero-order valence-corrected chi connectivity index (χ0v) is 19.9. The first kappa shape index (κ1) is 23.8. The molecule has 2 unspecified atom stereocenters. The number of likely N-dealkylation sites (N-methyl/N-ethyl adjacent to an activating group) is 1. The Morgan fingerprint density at radius 1 is 0.886 bits per heavy atom. The summed E-state index contributed by atoms with van der Waals surface area (Å²) in [6.45, 7) is 0. The third-order valence-corrected chi connectivity index (χ3v) is 6.20. The molecule has 4 rings (SSSR count). The topological polar surface area (TPSA) is 94.2 Å². The van der Waals surface area contributed by atoms with Gasteiger partial charge >= 0.3 is 5.97 Å². The molecule has 35 heavy (non-hydrogen) atoms. The number of anilines is 1. The molecule has 180 valence electrons. The van der Waals surface area contributed by atoms with Crippen molar-refractivity contribution in [2.45, 2.75) is 12.0 Å². The van der Waals surface area contributed by atoms with Crippen LogP contribution in [-0.4, -0.2) is 51.1 Å². The highest BCUT2D eigenvalue weighted by Gasteiger charge is 2.43. The van der Waals surface area contributed by atoms with Gasteiger partial charge in [-0.25, -0.2) is 4.79 Å². The van der Waals surface area contributed by atoms with Gasteiger partial charge in [0.25, 0.3) is 5.91 Å². The summed E-state index contributed by atoms with van der Waals surface area (Å²) in [4.78, 5) is 40.9. The van der Waals surface area contributed by atoms with E-state index in [0.29, 0.717) is 33.9 Å². The van der Waals surface area contributed by atoms with Gasteiger partial charge in [-0.05, 0) is 41.5 Å². The molecule has 0 radical (unpaired) electrons. The van der Waals surface area contributed by atoms with E-state index < -0.39 is 17.9 Å². The first-order valence-electron chi connectivity index (χ1n) is 11.0. The summed E-state index contributed by atoms with van der Waals surface area (Å²) in [6.07, 6.45) is 0. The molecule has 3 aromatic rings. The third-order valence-electron chi connectivity index (χ3n) is 6.20. The minimum Gasteiger partial charge on any atom is -0.493 e. The molecule has 8 nitrogen and oxygen atoms in total. The van der Waals surface area contributed by atoms with Crippen molar-refractivity contribution in [3.63, 3.8) is 0 Å². The summed E-state index contributed by atoms with van der Waals surface area (Å²) >= 11 is 0. The van der Waals surface area contributed by atoms with Crippen molar-refractivity contribution in [1.82, 2.24) is 4.90 Å². The maximum absolute atomic E-state index is 13.8. The van der Waals surface area contributed by atoms with Gasteiger partial charge in [0.15, 0.2) is 11.5 Å². The largest absolute Gasteiger partial charge is 0.493 e. The second kappa shape index (κ2) is 9.89. The minimum atomic E-state index is -0.766. The average Bonchev–Trinajstić information content (AvgIpc) is 2.89. The fourth-order valence-electron chi connectivity index (χ4n) is 4.50. The number of esters is 1. The van der Waals surface area contributed by atoms with Gasteiger partial charge in [-0.15, -0.1) is 0 Å². The van der Waals surface area contributed by atoms with Gasteiger partial charge in [0.2, 0.25) is 5.91 Å². The molecule has 1 heterocycles. The fourth-order valence-corrected chi connectivity index (χ4v) is 4.50. The van der Waals surface area contributed by atoms with Crippen LogP contribution in [0.3, 0.4) is 0 Å². The molecular formula is C27H26N2O6. The molecule has 1 N–H and O–H groups in total. The minimum absolute atomic E-state index is 0.195. The quantitative estimate of drug-likeness (QED) is 0.542. The van der Waals surface area contributed by atoms with Crippen LogP contribution in [0.25, 0.3) is 0 Å². The Balaban J connectivity index is 1.83.